The highest BCUT2D eigenvalue weighted by Crippen LogP contribution is 2.46. The molecule has 4 rings (SSSR count). The number of amides is 2. The summed E-state index contributed by atoms with van der Waals surface area (Å²) in [7, 11) is 1.54. The Bertz CT molecular complexity index is 1060. The summed E-state index contributed by atoms with van der Waals surface area (Å²) in [5, 5.41) is 6.81. The Kier molecular flexibility index (Phi) is 7.72. The average molecular weight is 527 g/mol. The summed E-state index contributed by atoms with van der Waals surface area (Å²) in [6, 6.07) is 13.8. The van der Waals surface area contributed by atoms with Gasteiger partial charge < -0.3 is 20.1 Å². The number of nitrogens with zero attached hydrogens (tertiary/aromatic N) is 1. The van der Waals surface area contributed by atoms with E-state index in [1.807, 2.05) is 24.3 Å². The average Bonchev–Trinajstić information content (AvgIpc) is 2.80. The van der Waals surface area contributed by atoms with Crippen LogP contribution in [-0.2, 0) is 20.8 Å². The zero-order valence-corrected chi connectivity index (χ0v) is 21.0. The van der Waals surface area contributed by atoms with Crippen molar-refractivity contribution in [3.63, 3.8) is 0 Å². The SMILES string of the molecule is COC1OC(NC(C)=O)C2(Cl)CC(NC(=O)c3ccccc3)CC1N2Cc1ccc(Cl)c(Cl)c1. The quantitative estimate of drug-likeness (QED) is 0.437. The second kappa shape index (κ2) is 10.4. The number of piperidine rings is 1. The van der Waals surface area contributed by atoms with Crippen LogP contribution in [0.3, 0.4) is 0 Å². The minimum atomic E-state index is -1.15. The number of nitrogens with one attached hydrogen (secondary N) is 2. The summed E-state index contributed by atoms with van der Waals surface area (Å²) in [5.41, 5.74) is 1.46. The molecular weight excluding hydrogens is 501 g/mol. The van der Waals surface area contributed by atoms with Gasteiger partial charge in [-0.05, 0) is 36.2 Å². The molecule has 0 spiro atoms. The number of hydrogen-bond acceptors (Lipinski definition) is 5. The van der Waals surface area contributed by atoms with E-state index in [-0.39, 0.29) is 23.9 Å². The first kappa shape index (κ1) is 25.2. The van der Waals surface area contributed by atoms with Gasteiger partial charge in [0.1, 0.15) is 5.00 Å². The molecule has 0 radical (unpaired) electrons. The van der Waals surface area contributed by atoms with Crippen LogP contribution in [0.4, 0.5) is 0 Å². The van der Waals surface area contributed by atoms with Crippen molar-refractivity contribution in [3.8, 4) is 0 Å². The van der Waals surface area contributed by atoms with Crippen LogP contribution in [0.5, 0.6) is 0 Å². The normalized spacial score (nSPS) is 28.9. The molecule has 2 aliphatic heterocycles. The van der Waals surface area contributed by atoms with Gasteiger partial charge >= 0.3 is 0 Å². The number of halogens is 3. The van der Waals surface area contributed by atoms with Gasteiger partial charge in [0.25, 0.3) is 5.91 Å². The van der Waals surface area contributed by atoms with Gasteiger partial charge in [0.05, 0.1) is 16.1 Å². The summed E-state index contributed by atoms with van der Waals surface area (Å²) in [6.07, 6.45) is -0.665. The predicted octanol–water partition coefficient (Wildman–Crippen LogP) is 4.16. The molecule has 10 heteroatoms. The number of rotatable bonds is 6. The number of hydrogen-bond donors (Lipinski definition) is 2. The zero-order chi connectivity index (χ0) is 24.5. The van der Waals surface area contributed by atoms with Crippen molar-refractivity contribution in [1.82, 2.24) is 15.5 Å². The molecule has 2 bridgehead atoms. The number of fused-ring (bicyclic) bond motifs is 2. The summed E-state index contributed by atoms with van der Waals surface area (Å²) < 4.78 is 11.7. The van der Waals surface area contributed by atoms with E-state index in [1.165, 1.54) is 6.92 Å². The number of ether oxygens (including phenoxy) is 2. The molecule has 2 saturated heterocycles. The van der Waals surface area contributed by atoms with Crippen molar-refractivity contribution in [1.29, 1.82) is 0 Å². The third kappa shape index (κ3) is 5.20. The highest BCUT2D eigenvalue weighted by atomic mass is 35.5. The first-order valence-electron chi connectivity index (χ1n) is 10.9. The second-order valence-corrected chi connectivity index (χ2v) is 10.0. The molecular formula is C24H26Cl3N3O4. The third-order valence-corrected chi connectivity index (χ3v) is 7.51. The van der Waals surface area contributed by atoms with Crippen molar-refractivity contribution in [2.45, 2.75) is 55.9 Å². The first-order valence-corrected chi connectivity index (χ1v) is 12.1. The van der Waals surface area contributed by atoms with E-state index in [1.54, 1.807) is 31.4 Å². The maximum Gasteiger partial charge on any atom is 0.251 e. The smallest absolute Gasteiger partial charge is 0.251 e. The van der Waals surface area contributed by atoms with Crippen molar-refractivity contribution in [2.24, 2.45) is 0 Å². The van der Waals surface area contributed by atoms with Gasteiger partial charge in [-0.1, -0.05) is 59.1 Å². The van der Waals surface area contributed by atoms with Gasteiger partial charge in [-0.25, -0.2) is 0 Å². The highest BCUT2D eigenvalue weighted by Gasteiger charge is 2.58. The number of morpholine rings is 1. The summed E-state index contributed by atoms with van der Waals surface area (Å²) in [5.74, 6) is -0.476. The van der Waals surface area contributed by atoms with Crippen LogP contribution < -0.4 is 10.6 Å². The van der Waals surface area contributed by atoms with Crippen molar-refractivity contribution >= 4 is 46.6 Å². The topological polar surface area (TPSA) is 79.9 Å². The van der Waals surface area contributed by atoms with Crippen molar-refractivity contribution < 1.29 is 19.1 Å². The Balaban J connectivity index is 1.65. The molecule has 182 valence electrons. The van der Waals surface area contributed by atoms with E-state index < -0.39 is 17.5 Å². The Morgan fingerprint density at radius 3 is 2.53 bits per heavy atom. The molecule has 2 N–H and O–H groups in total. The fourth-order valence-corrected chi connectivity index (χ4v) is 5.48. The number of alkyl halides is 1. The summed E-state index contributed by atoms with van der Waals surface area (Å²) >= 11 is 19.6. The molecule has 2 aliphatic rings. The maximum absolute atomic E-state index is 12.9. The molecule has 2 heterocycles. The zero-order valence-electron chi connectivity index (χ0n) is 18.8. The van der Waals surface area contributed by atoms with Crippen LogP contribution in [0, 0.1) is 0 Å². The number of carbonyl (C=O) groups excluding carboxylic acids is 2. The molecule has 0 aromatic heterocycles. The van der Waals surface area contributed by atoms with Gasteiger partial charge in [-0.15, -0.1) is 0 Å². The third-order valence-electron chi connectivity index (χ3n) is 6.20. The Hall–Kier alpha value is -1.87. The fourth-order valence-electron chi connectivity index (χ4n) is 4.68. The van der Waals surface area contributed by atoms with Gasteiger partial charge in [0.2, 0.25) is 5.91 Å². The monoisotopic (exact) mass is 525 g/mol. The Morgan fingerprint density at radius 1 is 1.15 bits per heavy atom. The first-order chi connectivity index (χ1) is 16.2. The van der Waals surface area contributed by atoms with Crippen LogP contribution in [0.1, 0.15) is 35.7 Å². The Morgan fingerprint density at radius 2 is 1.88 bits per heavy atom. The lowest BCUT2D eigenvalue weighted by Gasteiger charge is -2.58. The van der Waals surface area contributed by atoms with Crippen molar-refractivity contribution in [3.05, 3.63) is 69.7 Å². The molecule has 2 amide bonds. The second-order valence-electron chi connectivity index (χ2n) is 8.56. The van der Waals surface area contributed by atoms with E-state index in [0.717, 1.165) is 5.56 Å². The molecule has 5 unspecified atom stereocenters. The molecule has 2 fully saturated rings. The standard InChI is InChI=1S/C24H26Cl3N3O4/c1-14(31)28-23-24(27)12-17(29-21(32)16-6-4-3-5-7-16)11-20(22(33-2)34-23)30(24)13-15-8-9-18(25)19(26)10-15/h3-10,17,20,22-23H,11-13H2,1-2H3,(H,28,31)(H,29,32). The van der Waals surface area contributed by atoms with Crippen LogP contribution in [-0.4, -0.2) is 53.4 Å². The highest BCUT2D eigenvalue weighted by molar-refractivity contribution is 6.42. The van der Waals surface area contributed by atoms with E-state index in [9.17, 15) is 9.59 Å². The van der Waals surface area contributed by atoms with E-state index in [2.05, 4.69) is 15.5 Å². The number of methoxy groups -OCH3 is 1. The van der Waals surface area contributed by atoms with E-state index in [4.69, 9.17) is 44.3 Å². The van der Waals surface area contributed by atoms with Crippen LogP contribution >= 0.6 is 34.8 Å². The minimum Gasteiger partial charge on any atom is -0.354 e. The van der Waals surface area contributed by atoms with Crippen LogP contribution in [0.15, 0.2) is 48.5 Å². The van der Waals surface area contributed by atoms with Gasteiger partial charge in [0, 0.05) is 38.6 Å². The molecule has 2 aromatic rings. The fraction of sp³-hybridized carbons (Fsp3) is 0.417. The van der Waals surface area contributed by atoms with Gasteiger partial charge in [-0.3, -0.25) is 14.5 Å². The summed E-state index contributed by atoms with van der Waals surface area (Å²) in [6.45, 7) is 1.82. The molecule has 34 heavy (non-hydrogen) atoms. The largest absolute Gasteiger partial charge is 0.354 e. The lowest BCUT2D eigenvalue weighted by molar-refractivity contribution is -0.276. The van der Waals surface area contributed by atoms with E-state index in [0.29, 0.717) is 35.0 Å². The summed E-state index contributed by atoms with van der Waals surface area (Å²) in [4.78, 5) is 25.8. The molecule has 5 atom stereocenters. The van der Waals surface area contributed by atoms with Crippen LogP contribution in [0.2, 0.25) is 10.0 Å². The van der Waals surface area contributed by atoms with Gasteiger partial charge in [-0.2, -0.15) is 0 Å². The van der Waals surface area contributed by atoms with E-state index >= 15 is 0 Å². The van der Waals surface area contributed by atoms with Gasteiger partial charge in [0.15, 0.2) is 12.5 Å². The van der Waals surface area contributed by atoms with Crippen molar-refractivity contribution in [2.75, 3.05) is 7.11 Å². The molecule has 0 aliphatic carbocycles. The predicted molar refractivity (Wildman–Crippen MR) is 131 cm³/mol. The molecule has 2 aromatic carbocycles. The molecule has 0 saturated carbocycles. The number of benzene rings is 2. The lowest BCUT2D eigenvalue weighted by atomic mass is 9.86. The molecule has 7 nitrogen and oxygen atoms in total. The lowest BCUT2D eigenvalue weighted by Crippen LogP contribution is -2.74. The maximum atomic E-state index is 12.9. The Labute approximate surface area is 213 Å². The minimum absolute atomic E-state index is 0.187. The van der Waals surface area contributed by atoms with Crippen LogP contribution in [0.25, 0.3) is 0 Å². The number of carbonyl (C=O) groups is 2.